The molecule has 0 bridgehead atoms. The Hall–Kier alpha value is -4.33. The predicted octanol–water partition coefficient (Wildman–Crippen LogP) is 3.79. The van der Waals surface area contributed by atoms with Gasteiger partial charge in [-0.25, -0.2) is 4.79 Å². The summed E-state index contributed by atoms with van der Waals surface area (Å²) < 4.78 is 18.1. The number of ether oxygens (including phenoxy) is 3. The topological polar surface area (TPSA) is 95.9 Å². The average Bonchev–Trinajstić information content (AvgIpc) is 3.42. The minimum absolute atomic E-state index is 0.0372. The highest BCUT2D eigenvalue weighted by Gasteiger charge is 2.20. The lowest BCUT2D eigenvalue weighted by molar-refractivity contribution is -0.139. The number of nitrogens with zero attached hydrogens (tertiary/aromatic N) is 1. The van der Waals surface area contributed by atoms with Gasteiger partial charge in [0.25, 0.3) is 0 Å². The van der Waals surface area contributed by atoms with Gasteiger partial charge in [-0.05, 0) is 49.2 Å². The molecule has 2 aromatic carbocycles. The fourth-order valence-electron chi connectivity index (χ4n) is 3.89. The molecule has 0 aliphatic carbocycles. The number of fused-ring (bicyclic) bond motifs is 1. The van der Waals surface area contributed by atoms with Crippen molar-refractivity contribution in [2.24, 2.45) is 0 Å². The van der Waals surface area contributed by atoms with Crippen molar-refractivity contribution in [3.05, 3.63) is 88.4 Å². The van der Waals surface area contributed by atoms with E-state index in [1.807, 2.05) is 54.8 Å². The van der Waals surface area contributed by atoms with Crippen LogP contribution in [-0.2, 0) is 20.9 Å². The monoisotopic (exact) mass is 474 g/mol. The molecule has 8 nitrogen and oxygen atoms in total. The van der Waals surface area contributed by atoms with E-state index >= 15 is 0 Å². The smallest absolute Gasteiger partial charge is 0.355 e. The van der Waals surface area contributed by atoms with E-state index in [1.54, 1.807) is 18.2 Å². The number of carbonyl (C=O) groups is 3. The number of benzene rings is 2. The van der Waals surface area contributed by atoms with Gasteiger partial charge in [-0.3, -0.25) is 9.59 Å². The Morgan fingerprint density at radius 3 is 2.51 bits per heavy atom. The van der Waals surface area contributed by atoms with E-state index in [4.69, 9.17) is 14.2 Å². The van der Waals surface area contributed by atoms with Crippen LogP contribution in [0.1, 0.15) is 39.8 Å². The Balaban J connectivity index is 1.45. The number of nitrogens with one attached hydrogen (secondary N) is 1. The van der Waals surface area contributed by atoms with Crippen LogP contribution in [0.5, 0.6) is 11.5 Å². The number of Topliss-reactive ketones (excluding diaryl/α,β-unsaturated/α-hetero) is 1. The number of rotatable bonds is 8. The van der Waals surface area contributed by atoms with Crippen molar-refractivity contribution in [2.75, 3.05) is 13.4 Å². The maximum Gasteiger partial charge on any atom is 0.355 e. The third kappa shape index (κ3) is 5.60. The maximum atomic E-state index is 12.9. The summed E-state index contributed by atoms with van der Waals surface area (Å²) in [5.41, 5.74) is 3.83. The van der Waals surface area contributed by atoms with Crippen molar-refractivity contribution in [1.82, 2.24) is 9.88 Å². The molecule has 0 atom stereocenters. The second kappa shape index (κ2) is 10.3. The number of aromatic nitrogens is 1. The molecule has 1 amide bonds. The van der Waals surface area contributed by atoms with Crippen LogP contribution in [0.3, 0.4) is 0 Å². The second-order valence-electron chi connectivity index (χ2n) is 8.21. The molecular formula is C27H26N2O6. The van der Waals surface area contributed by atoms with Gasteiger partial charge in [-0.2, -0.15) is 0 Å². The summed E-state index contributed by atoms with van der Waals surface area (Å²) in [6.07, 6.45) is 1.51. The predicted molar refractivity (Wildman–Crippen MR) is 129 cm³/mol. The Kier molecular flexibility index (Phi) is 7.01. The third-order valence-corrected chi connectivity index (χ3v) is 5.63. The van der Waals surface area contributed by atoms with Crippen molar-refractivity contribution < 1.29 is 28.6 Å². The molecular weight excluding hydrogens is 448 g/mol. The fourth-order valence-corrected chi connectivity index (χ4v) is 3.89. The number of aryl methyl sites for hydroxylation is 1. The molecule has 1 aliphatic rings. The van der Waals surface area contributed by atoms with E-state index in [0.717, 1.165) is 17.0 Å². The summed E-state index contributed by atoms with van der Waals surface area (Å²) in [4.78, 5) is 37.1. The Labute approximate surface area is 203 Å². The first-order valence-corrected chi connectivity index (χ1v) is 11.1. The van der Waals surface area contributed by atoms with Crippen LogP contribution in [0.4, 0.5) is 0 Å². The largest absolute Gasteiger partial charge is 0.454 e. The SMILES string of the molecule is CC(=O)NC(=Cc1ccccc1)C(=O)OCC(=O)c1cc(C)n(Cc2ccc3c(c2)OCO3)c1C. The van der Waals surface area contributed by atoms with Crippen LogP contribution in [-0.4, -0.2) is 35.6 Å². The van der Waals surface area contributed by atoms with Gasteiger partial charge in [0.05, 0.1) is 0 Å². The van der Waals surface area contributed by atoms with E-state index in [9.17, 15) is 14.4 Å². The molecule has 3 aromatic rings. The molecule has 8 heteroatoms. The highest BCUT2D eigenvalue weighted by Crippen LogP contribution is 2.33. The molecule has 180 valence electrons. The summed E-state index contributed by atoms with van der Waals surface area (Å²) >= 11 is 0. The van der Waals surface area contributed by atoms with Crippen LogP contribution in [0.15, 0.2) is 60.3 Å². The standard InChI is InChI=1S/C27H26N2O6/c1-17-11-22(18(2)29(17)14-21-9-10-25-26(13-21)35-16-34-25)24(31)15-33-27(32)23(28-19(3)30)12-20-7-5-4-6-8-20/h4-13H,14-16H2,1-3H3,(H,28,30). The zero-order chi connectivity index (χ0) is 24.9. The minimum Gasteiger partial charge on any atom is -0.454 e. The van der Waals surface area contributed by atoms with Gasteiger partial charge in [0, 0.05) is 30.4 Å². The maximum absolute atomic E-state index is 12.9. The molecule has 0 spiro atoms. The number of hydrogen-bond donors (Lipinski definition) is 1. The van der Waals surface area contributed by atoms with Crippen molar-refractivity contribution in [3.8, 4) is 11.5 Å². The van der Waals surface area contributed by atoms with Gasteiger partial charge in [0.15, 0.2) is 18.1 Å². The minimum atomic E-state index is -0.786. The van der Waals surface area contributed by atoms with Crippen molar-refractivity contribution in [3.63, 3.8) is 0 Å². The summed E-state index contributed by atoms with van der Waals surface area (Å²) in [6.45, 7) is 5.38. The Morgan fingerprint density at radius 2 is 1.77 bits per heavy atom. The molecule has 0 saturated carbocycles. The molecule has 0 saturated heterocycles. The first-order valence-electron chi connectivity index (χ1n) is 11.1. The van der Waals surface area contributed by atoms with Crippen LogP contribution in [0.2, 0.25) is 0 Å². The first-order chi connectivity index (χ1) is 16.8. The van der Waals surface area contributed by atoms with E-state index in [1.165, 1.54) is 13.0 Å². The number of esters is 1. The van der Waals surface area contributed by atoms with Crippen molar-refractivity contribution in [2.45, 2.75) is 27.3 Å². The fraction of sp³-hybridized carbons (Fsp3) is 0.222. The molecule has 0 fully saturated rings. The van der Waals surface area contributed by atoms with Crippen molar-refractivity contribution >= 4 is 23.7 Å². The summed E-state index contributed by atoms with van der Waals surface area (Å²) in [7, 11) is 0. The number of amides is 1. The van der Waals surface area contributed by atoms with Gasteiger partial charge < -0.3 is 24.1 Å². The molecule has 2 heterocycles. The summed E-state index contributed by atoms with van der Waals surface area (Å²) in [6, 6.07) is 16.6. The van der Waals surface area contributed by atoms with Crippen molar-refractivity contribution in [1.29, 1.82) is 0 Å². The average molecular weight is 475 g/mol. The van der Waals surface area contributed by atoms with Gasteiger partial charge in [-0.15, -0.1) is 0 Å². The lowest BCUT2D eigenvalue weighted by atomic mass is 10.1. The van der Waals surface area contributed by atoms with Crippen LogP contribution in [0, 0.1) is 13.8 Å². The normalized spacial score (nSPS) is 12.4. The Morgan fingerprint density at radius 1 is 1.03 bits per heavy atom. The van der Waals surface area contributed by atoms with E-state index < -0.39 is 18.5 Å². The lowest BCUT2D eigenvalue weighted by Crippen LogP contribution is -2.27. The van der Waals surface area contributed by atoms with Crippen LogP contribution in [0.25, 0.3) is 6.08 Å². The summed E-state index contributed by atoms with van der Waals surface area (Å²) in [5.74, 6) is -0.113. The molecule has 0 radical (unpaired) electrons. The number of hydrogen-bond acceptors (Lipinski definition) is 6. The lowest BCUT2D eigenvalue weighted by Gasteiger charge is -2.11. The van der Waals surface area contributed by atoms with Gasteiger partial charge >= 0.3 is 5.97 Å². The number of ketones is 1. The Bertz CT molecular complexity index is 1310. The third-order valence-electron chi connectivity index (χ3n) is 5.63. The first kappa shape index (κ1) is 23.8. The highest BCUT2D eigenvalue weighted by molar-refractivity contribution is 6.02. The van der Waals surface area contributed by atoms with E-state index in [-0.39, 0.29) is 18.3 Å². The quantitative estimate of drug-likeness (QED) is 0.303. The molecule has 4 rings (SSSR count). The molecule has 1 N–H and O–H groups in total. The van der Waals surface area contributed by atoms with Crippen LogP contribution >= 0.6 is 0 Å². The molecule has 1 aromatic heterocycles. The molecule has 35 heavy (non-hydrogen) atoms. The zero-order valence-corrected chi connectivity index (χ0v) is 19.8. The summed E-state index contributed by atoms with van der Waals surface area (Å²) in [5, 5.41) is 2.47. The zero-order valence-electron chi connectivity index (χ0n) is 19.8. The van der Waals surface area contributed by atoms with Gasteiger partial charge in [0.2, 0.25) is 18.5 Å². The van der Waals surface area contributed by atoms with E-state index in [2.05, 4.69) is 5.32 Å². The van der Waals surface area contributed by atoms with E-state index in [0.29, 0.717) is 29.2 Å². The molecule has 0 unspecified atom stereocenters. The second-order valence-corrected chi connectivity index (χ2v) is 8.21. The van der Waals surface area contributed by atoms with Crippen LogP contribution < -0.4 is 14.8 Å². The van der Waals surface area contributed by atoms with Gasteiger partial charge in [0.1, 0.15) is 5.70 Å². The molecule has 1 aliphatic heterocycles. The highest BCUT2D eigenvalue weighted by atomic mass is 16.7. The van der Waals surface area contributed by atoms with Gasteiger partial charge in [-0.1, -0.05) is 36.4 Å². The number of carbonyl (C=O) groups excluding carboxylic acids is 3.